The molecule has 1 aliphatic heterocycles. The van der Waals surface area contributed by atoms with Gasteiger partial charge in [-0.05, 0) is 25.7 Å². The third-order valence-corrected chi connectivity index (χ3v) is 3.04. The molecule has 1 rings (SSSR count). The Morgan fingerprint density at radius 2 is 2.13 bits per heavy atom. The van der Waals surface area contributed by atoms with Crippen molar-refractivity contribution in [3.63, 3.8) is 0 Å². The summed E-state index contributed by atoms with van der Waals surface area (Å²) < 4.78 is 5.56. The van der Waals surface area contributed by atoms with Crippen molar-refractivity contribution in [2.75, 3.05) is 6.61 Å². The molecular formula is C13H24O2. The highest BCUT2D eigenvalue weighted by molar-refractivity contribution is 5.78. The van der Waals surface area contributed by atoms with Gasteiger partial charge in [0.2, 0.25) is 0 Å². The summed E-state index contributed by atoms with van der Waals surface area (Å²) in [4.78, 5) is 11.6. The molecule has 0 aromatic heterocycles. The first-order chi connectivity index (χ1) is 7.33. The maximum absolute atomic E-state index is 11.6. The van der Waals surface area contributed by atoms with Crippen LogP contribution in [0.1, 0.15) is 64.7 Å². The summed E-state index contributed by atoms with van der Waals surface area (Å²) in [6.07, 6.45) is 9.90. The largest absolute Gasteiger partial charge is 0.378 e. The Bertz CT molecular complexity index is 171. The molecule has 0 saturated carbocycles. The summed E-state index contributed by atoms with van der Waals surface area (Å²) in [5.74, 6) is 0.401. The molecule has 1 aliphatic rings. The van der Waals surface area contributed by atoms with Crippen LogP contribution < -0.4 is 0 Å². The molecule has 0 aromatic carbocycles. The zero-order valence-corrected chi connectivity index (χ0v) is 9.96. The molecule has 0 bridgehead atoms. The second kappa shape index (κ2) is 7.86. The van der Waals surface area contributed by atoms with Crippen LogP contribution in [0.3, 0.4) is 0 Å². The number of hydrogen-bond donors (Lipinski definition) is 0. The average molecular weight is 212 g/mol. The number of unbranched alkanes of at least 4 members (excludes halogenated alkanes) is 3. The predicted octanol–water partition coefficient (Wildman–Crippen LogP) is 3.49. The third kappa shape index (κ3) is 5.93. The van der Waals surface area contributed by atoms with Crippen molar-refractivity contribution in [2.24, 2.45) is 0 Å². The quantitative estimate of drug-likeness (QED) is 0.604. The minimum absolute atomic E-state index is 0.234. The second-order valence-corrected chi connectivity index (χ2v) is 4.54. The van der Waals surface area contributed by atoms with Gasteiger partial charge in [0, 0.05) is 19.4 Å². The maximum atomic E-state index is 11.6. The summed E-state index contributed by atoms with van der Waals surface area (Å²) >= 11 is 0. The minimum Gasteiger partial charge on any atom is -0.378 e. The topological polar surface area (TPSA) is 26.3 Å². The van der Waals surface area contributed by atoms with Crippen LogP contribution in [0.15, 0.2) is 0 Å². The Morgan fingerprint density at radius 1 is 1.27 bits per heavy atom. The number of carbonyl (C=O) groups is 1. The zero-order chi connectivity index (χ0) is 10.9. The van der Waals surface area contributed by atoms with Gasteiger partial charge in [-0.2, -0.15) is 0 Å². The van der Waals surface area contributed by atoms with Crippen molar-refractivity contribution < 1.29 is 9.53 Å². The summed E-state index contributed by atoms with van der Waals surface area (Å²) in [6.45, 7) is 3.05. The van der Waals surface area contributed by atoms with Crippen molar-refractivity contribution in [1.82, 2.24) is 0 Å². The van der Waals surface area contributed by atoms with Gasteiger partial charge in [0.05, 0.1) is 6.10 Å². The molecule has 1 atom stereocenters. The molecule has 1 fully saturated rings. The van der Waals surface area contributed by atoms with E-state index >= 15 is 0 Å². The van der Waals surface area contributed by atoms with Crippen LogP contribution in [-0.4, -0.2) is 18.5 Å². The fraction of sp³-hybridized carbons (Fsp3) is 0.923. The van der Waals surface area contributed by atoms with E-state index in [4.69, 9.17) is 4.74 Å². The highest BCUT2D eigenvalue weighted by atomic mass is 16.5. The lowest BCUT2D eigenvalue weighted by atomic mass is 10.0. The number of rotatable bonds is 7. The van der Waals surface area contributed by atoms with Crippen LogP contribution in [0.2, 0.25) is 0 Å². The minimum atomic E-state index is 0.234. The molecule has 15 heavy (non-hydrogen) atoms. The zero-order valence-electron chi connectivity index (χ0n) is 9.96. The highest BCUT2D eigenvalue weighted by Gasteiger charge is 2.16. The normalized spacial score (nSPS) is 21.5. The van der Waals surface area contributed by atoms with Crippen molar-refractivity contribution in [3.8, 4) is 0 Å². The number of ether oxygens (including phenoxy) is 1. The van der Waals surface area contributed by atoms with Crippen molar-refractivity contribution in [2.45, 2.75) is 70.8 Å². The average Bonchev–Trinajstić information content (AvgIpc) is 2.26. The Labute approximate surface area is 93.4 Å². The Morgan fingerprint density at radius 3 is 2.80 bits per heavy atom. The van der Waals surface area contributed by atoms with Crippen LogP contribution in [0.5, 0.6) is 0 Å². The molecule has 1 heterocycles. The predicted molar refractivity (Wildman–Crippen MR) is 62.0 cm³/mol. The first kappa shape index (κ1) is 12.7. The summed E-state index contributed by atoms with van der Waals surface area (Å²) in [6, 6.07) is 0. The molecule has 88 valence electrons. The van der Waals surface area contributed by atoms with E-state index in [1.165, 1.54) is 32.1 Å². The van der Waals surface area contributed by atoms with Crippen molar-refractivity contribution >= 4 is 5.78 Å². The Hall–Kier alpha value is -0.370. The van der Waals surface area contributed by atoms with E-state index in [9.17, 15) is 4.79 Å². The van der Waals surface area contributed by atoms with Crippen molar-refractivity contribution in [1.29, 1.82) is 0 Å². The van der Waals surface area contributed by atoms with Gasteiger partial charge < -0.3 is 4.74 Å². The SMILES string of the molecule is CCCCCCC(=O)CC1CCCCO1. The van der Waals surface area contributed by atoms with Crippen LogP contribution in [0.4, 0.5) is 0 Å². The molecule has 0 amide bonds. The summed E-state index contributed by atoms with van der Waals surface area (Å²) in [5, 5.41) is 0. The van der Waals surface area contributed by atoms with Gasteiger partial charge in [-0.25, -0.2) is 0 Å². The molecule has 0 N–H and O–H groups in total. The van der Waals surface area contributed by atoms with Crippen LogP contribution in [0, 0.1) is 0 Å². The standard InChI is InChI=1S/C13H24O2/c1-2-3-4-5-8-12(14)11-13-9-6-7-10-15-13/h13H,2-11H2,1H3. The van der Waals surface area contributed by atoms with Gasteiger partial charge in [0.15, 0.2) is 0 Å². The number of carbonyl (C=O) groups excluding carboxylic acids is 1. The first-order valence-corrected chi connectivity index (χ1v) is 6.46. The van der Waals surface area contributed by atoms with Gasteiger partial charge in [-0.1, -0.05) is 26.2 Å². The molecule has 0 spiro atoms. The monoisotopic (exact) mass is 212 g/mol. The molecule has 1 saturated heterocycles. The molecule has 0 aromatic rings. The van der Waals surface area contributed by atoms with Crippen LogP contribution in [0.25, 0.3) is 0 Å². The van der Waals surface area contributed by atoms with Crippen LogP contribution in [-0.2, 0) is 9.53 Å². The number of Topliss-reactive ketones (excluding diaryl/α,β-unsaturated/α-hetero) is 1. The lowest BCUT2D eigenvalue weighted by Crippen LogP contribution is -2.22. The highest BCUT2D eigenvalue weighted by Crippen LogP contribution is 2.17. The maximum Gasteiger partial charge on any atom is 0.135 e. The lowest BCUT2D eigenvalue weighted by molar-refractivity contribution is -0.122. The van der Waals surface area contributed by atoms with E-state index in [0.29, 0.717) is 12.2 Å². The van der Waals surface area contributed by atoms with E-state index in [2.05, 4.69) is 6.92 Å². The van der Waals surface area contributed by atoms with Gasteiger partial charge >= 0.3 is 0 Å². The van der Waals surface area contributed by atoms with Crippen LogP contribution >= 0.6 is 0 Å². The van der Waals surface area contributed by atoms with Crippen molar-refractivity contribution in [3.05, 3.63) is 0 Å². The van der Waals surface area contributed by atoms with E-state index in [1.54, 1.807) is 0 Å². The summed E-state index contributed by atoms with van der Waals surface area (Å²) in [5.41, 5.74) is 0. The van der Waals surface area contributed by atoms with E-state index in [1.807, 2.05) is 0 Å². The number of ketones is 1. The van der Waals surface area contributed by atoms with E-state index < -0.39 is 0 Å². The van der Waals surface area contributed by atoms with Gasteiger partial charge in [0.25, 0.3) is 0 Å². The Balaban J connectivity index is 2.01. The van der Waals surface area contributed by atoms with Gasteiger partial charge in [-0.3, -0.25) is 4.79 Å². The smallest absolute Gasteiger partial charge is 0.135 e. The molecular weight excluding hydrogens is 188 g/mol. The van der Waals surface area contributed by atoms with E-state index in [0.717, 1.165) is 25.9 Å². The molecule has 0 aliphatic carbocycles. The Kier molecular flexibility index (Phi) is 6.66. The molecule has 2 heteroatoms. The fourth-order valence-electron chi connectivity index (χ4n) is 2.07. The molecule has 2 nitrogen and oxygen atoms in total. The molecule has 0 radical (unpaired) electrons. The summed E-state index contributed by atoms with van der Waals surface area (Å²) in [7, 11) is 0. The van der Waals surface area contributed by atoms with Gasteiger partial charge in [-0.15, -0.1) is 0 Å². The van der Waals surface area contributed by atoms with Gasteiger partial charge in [0.1, 0.15) is 5.78 Å². The fourth-order valence-corrected chi connectivity index (χ4v) is 2.07. The first-order valence-electron chi connectivity index (χ1n) is 6.46. The number of hydrogen-bond acceptors (Lipinski definition) is 2. The third-order valence-electron chi connectivity index (χ3n) is 3.04. The lowest BCUT2D eigenvalue weighted by Gasteiger charge is -2.21. The van der Waals surface area contributed by atoms with E-state index in [-0.39, 0.29) is 6.10 Å². The molecule has 1 unspecified atom stereocenters. The second-order valence-electron chi connectivity index (χ2n) is 4.54.